The Morgan fingerprint density at radius 2 is 2.12 bits per heavy atom. The molecule has 1 atom stereocenters. The summed E-state index contributed by atoms with van der Waals surface area (Å²) >= 11 is 0. The van der Waals surface area contributed by atoms with Crippen molar-refractivity contribution in [2.45, 2.75) is 25.2 Å². The topological polar surface area (TPSA) is 81.5 Å². The first-order valence-electron chi connectivity index (χ1n) is 8.28. The molecule has 0 saturated carbocycles. The van der Waals surface area contributed by atoms with Gasteiger partial charge in [-0.2, -0.15) is 0 Å². The first-order valence-corrected chi connectivity index (χ1v) is 8.28. The van der Waals surface area contributed by atoms with Crippen LogP contribution in [0.1, 0.15) is 40.2 Å². The zero-order valence-electron chi connectivity index (χ0n) is 14.0. The first kappa shape index (κ1) is 17.0. The van der Waals surface area contributed by atoms with Crippen molar-refractivity contribution in [2.75, 3.05) is 13.7 Å². The number of carbonyl (C=O) groups excluding carboxylic acids is 1. The lowest BCUT2D eigenvalue weighted by Gasteiger charge is -2.25. The molecule has 1 aliphatic rings. The number of rotatable bonds is 5. The van der Waals surface area contributed by atoms with Crippen LogP contribution < -0.4 is 10.1 Å². The minimum absolute atomic E-state index is 0.0217. The highest BCUT2D eigenvalue weighted by Gasteiger charge is 2.24. The van der Waals surface area contributed by atoms with Crippen LogP contribution in [0.2, 0.25) is 0 Å². The maximum absolute atomic E-state index is 12.5. The average Bonchev–Trinajstić information content (AvgIpc) is 2.65. The summed E-state index contributed by atoms with van der Waals surface area (Å²) < 4.78 is 5.08. The van der Waals surface area contributed by atoms with Crippen LogP contribution in [-0.2, 0) is 6.42 Å². The van der Waals surface area contributed by atoms with Gasteiger partial charge in [0.25, 0.3) is 11.6 Å². The fourth-order valence-corrected chi connectivity index (χ4v) is 3.36. The van der Waals surface area contributed by atoms with Crippen molar-refractivity contribution in [3.8, 4) is 5.75 Å². The number of nitro groups is 1. The molecule has 1 unspecified atom stereocenters. The van der Waals surface area contributed by atoms with Gasteiger partial charge in [-0.15, -0.1) is 0 Å². The van der Waals surface area contributed by atoms with Crippen LogP contribution in [0.4, 0.5) is 5.69 Å². The first-order chi connectivity index (χ1) is 12.1. The maximum atomic E-state index is 12.5. The summed E-state index contributed by atoms with van der Waals surface area (Å²) in [6.07, 6.45) is 3.14. The second-order valence-electron chi connectivity index (χ2n) is 6.14. The Kier molecular flexibility index (Phi) is 4.97. The van der Waals surface area contributed by atoms with E-state index in [4.69, 9.17) is 4.74 Å². The molecule has 0 bridgehead atoms. The van der Waals surface area contributed by atoms with Gasteiger partial charge < -0.3 is 10.1 Å². The van der Waals surface area contributed by atoms with Crippen LogP contribution in [0.5, 0.6) is 5.75 Å². The Morgan fingerprint density at radius 1 is 1.32 bits per heavy atom. The molecule has 3 rings (SSSR count). The summed E-state index contributed by atoms with van der Waals surface area (Å²) in [5.74, 6) is 0.200. The number of amides is 1. The van der Waals surface area contributed by atoms with E-state index in [0.717, 1.165) is 19.3 Å². The van der Waals surface area contributed by atoms with Crippen LogP contribution in [0.3, 0.4) is 0 Å². The van der Waals surface area contributed by atoms with E-state index in [1.54, 1.807) is 0 Å². The van der Waals surface area contributed by atoms with Crippen molar-refractivity contribution in [3.05, 3.63) is 69.3 Å². The molecule has 0 radical (unpaired) electrons. The summed E-state index contributed by atoms with van der Waals surface area (Å²) in [4.78, 5) is 23.2. The van der Waals surface area contributed by atoms with Gasteiger partial charge in [0, 0.05) is 18.5 Å². The number of hydrogen-bond donors (Lipinski definition) is 1. The minimum atomic E-state index is -0.551. The molecule has 0 heterocycles. The Morgan fingerprint density at radius 3 is 2.88 bits per heavy atom. The summed E-state index contributed by atoms with van der Waals surface area (Å²) in [7, 11) is 1.46. The maximum Gasteiger partial charge on any atom is 0.282 e. The zero-order chi connectivity index (χ0) is 17.8. The van der Waals surface area contributed by atoms with E-state index < -0.39 is 10.8 Å². The number of hydrogen-bond acceptors (Lipinski definition) is 4. The lowest BCUT2D eigenvalue weighted by Crippen LogP contribution is -2.30. The lowest BCUT2D eigenvalue weighted by molar-refractivity contribution is -0.385. The van der Waals surface area contributed by atoms with E-state index in [0.29, 0.717) is 12.3 Å². The third-order valence-electron chi connectivity index (χ3n) is 4.65. The van der Waals surface area contributed by atoms with Crippen molar-refractivity contribution in [3.63, 3.8) is 0 Å². The second-order valence-corrected chi connectivity index (χ2v) is 6.14. The van der Waals surface area contributed by atoms with Gasteiger partial charge in [0.15, 0.2) is 0 Å². The highest BCUT2D eigenvalue weighted by molar-refractivity contribution is 5.98. The van der Waals surface area contributed by atoms with Gasteiger partial charge >= 0.3 is 0 Å². The highest BCUT2D eigenvalue weighted by Crippen LogP contribution is 2.31. The normalized spacial score (nSPS) is 16.0. The molecule has 0 saturated heterocycles. The third-order valence-corrected chi connectivity index (χ3v) is 4.65. The fraction of sp³-hybridized carbons (Fsp3) is 0.316. The van der Waals surface area contributed by atoms with E-state index >= 15 is 0 Å². The van der Waals surface area contributed by atoms with Gasteiger partial charge in [-0.1, -0.05) is 24.3 Å². The molecule has 1 amide bonds. The molecule has 0 spiro atoms. The summed E-state index contributed by atoms with van der Waals surface area (Å²) in [6, 6.07) is 12.4. The molecule has 1 N–H and O–H groups in total. The number of nitrogens with one attached hydrogen (secondary N) is 1. The van der Waals surface area contributed by atoms with Crippen molar-refractivity contribution in [1.29, 1.82) is 0 Å². The van der Waals surface area contributed by atoms with Gasteiger partial charge in [-0.05, 0) is 42.5 Å². The van der Waals surface area contributed by atoms with Gasteiger partial charge in [0.2, 0.25) is 0 Å². The van der Waals surface area contributed by atoms with E-state index in [-0.39, 0.29) is 17.2 Å². The molecule has 6 nitrogen and oxygen atoms in total. The average molecular weight is 340 g/mol. The van der Waals surface area contributed by atoms with Gasteiger partial charge in [0.05, 0.1) is 12.0 Å². The van der Waals surface area contributed by atoms with Crippen molar-refractivity contribution >= 4 is 11.6 Å². The molecule has 6 heteroatoms. The Hall–Kier alpha value is -2.89. The second kappa shape index (κ2) is 7.34. The van der Waals surface area contributed by atoms with Crippen LogP contribution in [0.25, 0.3) is 0 Å². The molecule has 1 aliphatic carbocycles. The summed E-state index contributed by atoms with van der Waals surface area (Å²) in [6.45, 7) is 0.463. The van der Waals surface area contributed by atoms with E-state index in [1.807, 2.05) is 12.1 Å². The number of methoxy groups -OCH3 is 1. The van der Waals surface area contributed by atoms with Crippen LogP contribution in [-0.4, -0.2) is 24.5 Å². The molecule has 130 valence electrons. The fourth-order valence-electron chi connectivity index (χ4n) is 3.36. The lowest BCUT2D eigenvalue weighted by atomic mass is 9.83. The zero-order valence-corrected chi connectivity index (χ0v) is 14.0. The molecule has 2 aromatic rings. The smallest absolute Gasteiger partial charge is 0.282 e. The number of ether oxygens (including phenoxy) is 1. The minimum Gasteiger partial charge on any atom is -0.497 e. The number of nitro benzene ring substituents is 1. The number of aryl methyl sites for hydroxylation is 1. The Balaban J connectivity index is 1.77. The standard InChI is InChI=1S/C19H20N2O4/c1-25-15-9-10-18(21(23)24)17(11-15)19(22)20-12-14-7-4-6-13-5-2-3-8-16(13)14/h2-3,5,8-11,14H,4,6-7,12H2,1H3,(H,20,22). The van der Waals surface area contributed by atoms with Crippen LogP contribution in [0, 0.1) is 10.1 Å². The van der Waals surface area contributed by atoms with Crippen LogP contribution >= 0.6 is 0 Å². The van der Waals surface area contributed by atoms with Gasteiger partial charge in [-0.3, -0.25) is 14.9 Å². The molecule has 0 fully saturated rings. The van der Waals surface area contributed by atoms with Gasteiger partial charge in [0.1, 0.15) is 11.3 Å². The Bertz CT molecular complexity index is 804. The third kappa shape index (κ3) is 3.63. The number of carbonyl (C=O) groups is 1. The van der Waals surface area contributed by atoms with Gasteiger partial charge in [-0.25, -0.2) is 0 Å². The van der Waals surface area contributed by atoms with Crippen molar-refractivity contribution < 1.29 is 14.5 Å². The van der Waals surface area contributed by atoms with E-state index in [9.17, 15) is 14.9 Å². The summed E-state index contributed by atoms with van der Waals surface area (Å²) in [5.41, 5.74) is 2.38. The highest BCUT2D eigenvalue weighted by atomic mass is 16.6. The van der Waals surface area contributed by atoms with Crippen LogP contribution in [0.15, 0.2) is 42.5 Å². The van der Waals surface area contributed by atoms with E-state index in [1.165, 1.54) is 36.4 Å². The number of benzene rings is 2. The van der Waals surface area contributed by atoms with Crippen molar-refractivity contribution in [1.82, 2.24) is 5.32 Å². The Labute approximate surface area is 146 Å². The molecular formula is C19H20N2O4. The molecule has 0 aromatic heterocycles. The quantitative estimate of drug-likeness (QED) is 0.667. The van der Waals surface area contributed by atoms with E-state index in [2.05, 4.69) is 17.4 Å². The van der Waals surface area contributed by atoms with Crippen molar-refractivity contribution in [2.24, 2.45) is 0 Å². The molecule has 25 heavy (non-hydrogen) atoms. The number of fused-ring (bicyclic) bond motifs is 1. The predicted octanol–water partition coefficient (Wildman–Crippen LogP) is 3.45. The molecule has 0 aliphatic heterocycles. The monoisotopic (exact) mass is 340 g/mol. The predicted molar refractivity (Wildman–Crippen MR) is 94.1 cm³/mol. The molecule has 2 aromatic carbocycles. The SMILES string of the molecule is COc1ccc([N+](=O)[O-])c(C(=O)NCC2CCCc3ccccc32)c1. The largest absolute Gasteiger partial charge is 0.497 e. The number of nitrogens with zero attached hydrogens (tertiary/aromatic N) is 1. The molecular weight excluding hydrogens is 320 g/mol. The summed E-state index contributed by atoms with van der Waals surface area (Å²) in [5, 5.41) is 14.0.